The number of hydrogen-bond acceptors (Lipinski definition) is 3. The van der Waals surface area contributed by atoms with Crippen molar-refractivity contribution in [2.75, 3.05) is 19.8 Å². The smallest absolute Gasteiger partial charge is 0.313 e. The van der Waals surface area contributed by atoms with E-state index in [1.807, 2.05) is 6.07 Å². The van der Waals surface area contributed by atoms with Crippen LogP contribution in [0.2, 0.25) is 0 Å². The molecule has 0 aromatic heterocycles. The molecule has 0 fully saturated rings. The number of aliphatic hydroxyl groups is 1. The van der Waals surface area contributed by atoms with Crippen LogP contribution in [0.1, 0.15) is 17.9 Å². The van der Waals surface area contributed by atoms with Crippen molar-refractivity contribution in [3.63, 3.8) is 0 Å². The number of benzene rings is 1. The molecule has 0 aliphatic heterocycles. The number of hydrogen-bond donors (Lipinski definition) is 2. The van der Waals surface area contributed by atoms with E-state index in [0.29, 0.717) is 13.0 Å². The lowest BCUT2D eigenvalue weighted by atomic mass is 10.0. The number of ether oxygens (including phenoxy) is 1. The van der Waals surface area contributed by atoms with Crippen LogP contribution in [0.15, 0.2) is 30.3 Å². The summed E-state index contributed by atoms with van der Waals surface area (Å²) < 4.78 is 5.21. The molecule has 88 valence electrons. The molecule has 0 aliphatic carbocycles. The van der Waals surface area contributed by atoms with Crippen molar-refractivity contribution in [3.8, 4) is 0 Å². The van der Waals surface area contributed by atoms with Crippen LogP contribution in [0, 0.1) is 0 Å². The van der Waals surface area contributed by atoms with Gasteiger partial charge in [-0.15, -0.1) is 0 Å². The molecule has 2 N–H and O–H groups in total. The molecule has 16 heavy (non-hydrogen) atoms. The van der Waals surface area contributed by atoms with Gasteiger partial charge in [-0.05, 0) is 12.0 Å². The first-order valence-corrected chi connectivity index (χ1v) is 5.22. The number of aliphatic hydroxyl groups excluding tert-OH is 1. The lowest BCUT2D eigenvalue weighted by molar-refractivity contribution is -0.140. The summed E-state index contributed by atoms with van der Waals surface area (Å²) in [5.41, 5.74) is 0.735. The van der Waals surface area contributed by atoms with Crippen molar-refractivity contribution in [1.29, 1.82) is 0 Å². The first-order valence-electron chi connectivity index (χ1n) is 5.22. The third-order valence-electron chi connectivity index (χ3n) is 2.23. The molecule has 0 aliphatic rings. The molecule has 0 heterocycles. The molecule has 0 spiro atoms. The number of carboxylic acids is 1. The molecule has 1 unspecified atom stereocenters. The predicted molar refractivity (Wildman–Crippen MR) is 59.3 cm³/mol. The van der Waals surface area contributed by atoms with Gasteiger partial charge in [-0.25, -0.2) is 0 Å². The molecule has 1 rings (SSSR count). The number of aliphatic carboxylic acids is 1. The van der Waals surface area contributed by atoms with Gasteiger partial charge in [0.2, 0.25) is 0 Å². The minimum Gasteiger partial charge on any atom is -0.481 e. The van der Waals surface area contributed by atoms with E-state index < -0.39 is 11.9 Å². The van der Waals surface area contributed by atoms with E-state index in [-0.39, 0.29) is 13.2 Å². The van der Waals surface area contributed by atoms with Crippen LogP contribution in [-0.4, -0.2) is 36.0 Å². The summed E-state index contributed by atoms with van der Waals surface area (Å²) in [6, 6.07) is 9.00. The molecule has 0 saturated heterocycles. The largest absolute Gasteiger partial charge is 0.481 e. The highest BCUT2D eigenvalue weighted by molar-refractivity contribution is 5.76. The third-order valence-corrected chi connectivity index (χ3v) is 2.23. The molecular weight excluding hydrogens is 208 g/mol. The van der Waals surface area contributed by atoms with Crippen LogP contribution in [-0.2, 0) is 9.53 Å². The van der Waals surface area contributed by atoms with Gasteiger partial charge < -0.3 is 14.9 Å². The summed E-state index contributed by atoms with van der Waals surface area (Å²) >= 11 is 0. The van der Waals surface area contributed by atoms with Gasteiger partial charge in [-0.2, -0.15) is 0 Å². The molecule has 1 aromatic carbocycles. The van der Waals surface area contributed by atoms with Gasteiger partial charge >= 0.3 is 5.97 Å². The third kappa shape index (κ3) is 4.00. The molecule has 0 saturated carbocycles. The Morgan fingerprint density at radius 3 is 2.56 bits per heavy atom. The Morgan fingerprint density at radius 2 is 2.00 bits per heavy atom. The predicted octanol–water partition coefficient (Wildman–Crippen LogP) is 1.25. The summed E-state index contributed by atoms with van der Waals surface area (Å²) in [5.74, 6) is -1.53. The van der Waals surface area contributed by atoms with Crippen LogP contribution in [0.3, 0.4) is 0 Å². The molecule has 1 atom stereocenters. The van der Waals surface area contributed by atoms with Crippen molar-refractivity contribution >= 4 is 5.97 Å². The highest BCUT2D eigenvalue weighted by Crippen LogP contribution is 2.16. The van der Waals surface area contributed by atoms with Crippen LogP contribution in [0.25, 0.3) is 0 Å². The second-order valence-corrected chi connectivity index (χ2v) is 3.45. The molecule has 4 nitrogen and oxygen atoms in total. The van der Waals surface area contributed by atoms with Crippen LogP contribution < -0.4 is 0 Å². The topological polar surface area (TPSA) is 66.8 Å². The van der Waals surface area contributed by atoms with Crippen molar-refractivity contribution in [2.24, 2.45) is 0 Å². The van der Waals surface area contributed by atoms with Crippen LogP contribution in [0.4, 0.5) is 0 Å². The second kappa shape index (κ2) is 6.98. The van der Waals surface area contributed by atoms with Gasteiger partial charge in [-0.3, -0.25) is 4.79 Å². The normalized spacial score (nSPS) is 12.3. The maximum absolute atomic E-state index is 11.0. The maximum atomic E-state index is 11.0. The van der Waals surface area contributed by atoms with E-state index >= 15 is 0 Å². The van der Waals surface area contributed by atoms with Gasteiger partial charge in [0.15, 0.2) is 0 Å². The van der Waals surface area contributed by atoms with Gasteiger partial charge in [0, 0.05) is 13.2 Å². The molecule has 4 heteroatoms. The molecule has 0 amide bonds. The number of carboxylic acid groups (broad SMARTS) is 1. The average Bonchev–Trinajstić information content (AvgIpc) is 2.30. The Hall–Kier alpha value is -1.39. The van der Waals surface area contributed by atoms with E-state index in [1.165, 1.54) is 0 Å². The first-order chi connectivity index (χ1) is 7.75. The van der Waals surface area contributed by atoms with Crippen molar-refractivity contribution in [1.82, 2.24) is 0 Å². The van der Waals surface area contributed by atoms with Crippen LogP contribution >= 0.6 is 0 Å². The van der Waals surface area contributed by atoms with Crippen molar-refractivity contribution < 1.29 is 19.7 Å². The molecule has 0 bridgehead atoms. The SMILES string of the molecule is O=C(O)C(COCCCO)c1ccccc1. The Morgan fingerprint density at radius 1 is 1.31 bits per heavy atom. The zero-order valence-electron chi connectivity index (χ0n) is 9.00. The monoisotopic (exact) mass is 224 g/mol. The summed E-state index contributed by atoms with van der Waals surface area (Å²) in [4.78, 5) is 11.0. The van der Waals surface area contributed by atoms with E-state index in [4.69, 9.17) is 14.9 Å². The number of rotatable bonds is 7. The minimum absolute atomic E-state index is 0.0586. The lowest BCUT2D eigenvalue weighted by Gasteiger charge is -2.12. The fraction of sp³-hybridized carbons (Fsp3) is 0.417. The maximum Gasteiger partial charge on any atom is 0.313 e. The minimum atomic E-state index is -0.893. The van der Waals surface area contributed by atoms with Crippen molar-refractivity contribution in [2.45, 2.75) is 12.3 Å². The lowest BCUT2D eigenvalue weighted by Crippen LogP contribution is -2.18. The summed E-state index contributed by atoms with van der Waals surface area (Å²) in [6.07, 6.45) is 0.529. The molecule has 0 radical (unpaired) electrons. The van der Waals surface area contributed by atoms with Gasteiger partial charge in [0.1, 0.15) is 5.92 Å². The quantitative estimate of drug-likeness (QED) is 0.684. The Bertz CT molecular complexity index is 310. The van der Waals surface area contributed by atoms with Gasteiger partial charge in [0.05, 0.1) is 6.61 Å². The highest BCUT2D eigenvalue weighted by Gasteiger charge is 2.19. The van der Waals surface area contributed by atoms with E-state index in [1.54, 1.807) is 24.3 Å². The number of carbonyl (C=O) groups is 1. The Balaban J connectivity index is 2.52. The van der Waals surface area contributed by atoms with E-state index in [9.17, 15) is 4.79 Å². The Kier molecular flexibility index (Phi) is 5.53. The molecular formula is C12H16O4. The zero-order chi connectivity index (χ0) is 11.8. The fourth-order valence-electron chi connectivity index (χ4n) is 1.36. The molecule has 1 aromatic rings. The van der Waals surface area contributed by atoms with Gasteiger partial charge in [-0.1, -0.05) is 30.3 Å². The van der Waals surface area contributed by atoms with E-state index in [0.717, 1.165) is 5.56 Å². The first kappa shape index (κ1) is 12.7. The summed E-state index contributed by atoms with van der Waals surface area (Å²) in [7, 11) is 0. The zero-order valence-corrected chi connectivity index (χ0v) is 9.00. The second-order valence-electron chi connectivity index (χ2n) is 3.45. The standard InChI is InChI=1S/C12H16O4/c13-7-4-8-16-9-11(12(14)15)10-5-2-1-3-6-10/h1-3,5-6,11,13H,4,7-9H2,(H,14,15). The average molecular weight is 224 g/mol. The summed E-state index contributed by atoms with van der Waals surface area (Å²) in [5, 5.41) is 17.6. The van der Waals surface area contributed by atoms with E-state index in [2.05, 4.69) is 0 Å². The van der Waals surface area contributed by atoms with Crippen LogP contribution in [0.5, 0.6) is 0 Å². The fourth-order valence-corrected chi connectivity index (χ4v) is 1.36. The van der Waals surface area contributed by atoms with Crippen molar-refractivity contribution in [3.05, 3.63) is 35.9 Å². The highest BCUT2D eigenvalue weighted by atomic mass is 16.5. The Labute approximate surface area is 94.5 Å². The summed E-state index contributed by atoms with van der Waals surface area (Å²) in [6.45, 7) is 0.579. The van der Waals surface area contributed by atoms with Gasteiger partial charge in [0.25, 0.3) is 0 Å².